The summed E-state index contributed by atoms with van der Waals surface area (Å²) >= 11 is 0. The van der Waals surface area contributed by atoms with Crippen molar-refractivity contribution in [3.63, 3.8) is 0 Å². The second kappa shape index (κ2) is 7.36. The van der Waals surface area contributed by atoms with Crippen LogP contribution in [0.15, 0.2) is 0 Å². The van der Waals surface area contributed by atoms with Gasteiger partial charge < -0.3 is 16.0 Å². The number of nitrogens with one attached hydrogen (secondary N) is 3. The van der Waals surface area contributed by atoms with E-state index in [0.717, 1.165) is 0 Å². The summed E-state index contributed by atoms with van der Waals surface area (Å²) in [6.45, 7) is 12.2. The van der Waals surface area contributed by atoms with Crippen LogP contribution in [-0.4, -0.2) is 36.0 Å². The molecule has 18 heavy (non-hydrogen) atoms. The van der Waals surface area contributed by atoms with Gasteiger partial charge >= 0.3 is 0 Å². The van der Waals surface area contributed by atoms with Crippen LogP contribution in [0.1, 0.15) is 48.0 Å². The molecule has 3 N–H and O–H groups in total. The Morgan fingerprint density at radius 2 is 1.61 bits per heavy atom. The predicted octanol–water partition coefficient (Wildman–Crippen LogP) is 0.794. The fourth-order valence-electron chi connectivity index (χ4n) is 1.34. The zero-order valence-electron chi connectivity index (χ0n) is 12.4. The fraction of sp³-hybridized carbons (Fsp3) is 0.846. The van der Waals surface area contributed by atoms with Crippen molar-refractivity contribution < 1.29 is 9.59 Å². The lowest BCUT2D eigenvalue weighted by Gasteiger charge is -2.21. The zero-order chi connectivity index (χ0) is 14.3. The summed E-state index contributed by atoms with van der Waals surface area (Å²) in [7, 11) is 0. The van der Waals surface area contributed by atoms with Crippen LogP contribution in [0.2, 0.25) is 0 Å². The largest absolute Gasteiger partial charge is 0.352 e. The molecule has 0 bridgehead atoms. The van der Waals surface area contributed by atoms with Crippen LogP contribution < -0.4 is 16.0 Å². The lowest BCUT2D eigenvalue weighted by molar-refractivity contribution is -0.128. The first-order valence-electron chi connectivity index (χ1n) is 6.46. The molecule has 0 spiro atoms. The van der Waals surface area contributed by atoms with Crippen molar-refractivity contribution in [2.45, 2.75) is 65.6 Å². The van der Waals surface area contributed by atoms with Gasteiger partial charge in [0.05, 0.1) is 0 Å². The van der Waals surface area contributed by atoms with Crippen LogP contribution >= 0.6 is 0 Å². The molecule has 0 aliphatic rings. The summed E-state index contributed by atoms with van der Waals surface area (Å²) in [6.07, 6.45) is 0.372. The highest BCUT2D eigenvalue weighted by atomic mass is 16.2. The molecule has 0 aromatic heterocycles. The number of carbonyl (C=O) groups excluding carboxylic acids is 2. The number of rotatable bonds is 6. The van der Waals surface area contributed by atoms with Crippen LogP contribution in [0.25, 0.3) is 0 Å². The van der Waals surface area contributed by atoms with E-state index in [-0.39, 0.29) is 23.4 Å². The summed E-state index contributed by atoms with van der Waals surface area (Å²) in [5, 5.41) is 8.67. The fourth-order valence-corrected chi connectivity index (χ4v) is 1.34. The topological polar surface area (TPSA) is 70.2 Å². The molecule has 0 rings (SSSR count). The Hall–Kier alpha value is -1.10. The molecule has 1 unspecified atom stereocenters. The van der Waals surface area contributed by atoms with E-state index in [1.165, 1.54) is 0 Å². The van der Waals surface area contributed by atoms with Gasteiger partial charge in [0.25, 0.3) is 0 Å². The van der Waals surface area contributed by atoms with Gasteiger partial charge in [0.15, 0.2) is 0 Å². The second-order valence-corrected chi connectivity index (χ2v) is 5.88. The van der Waals surface area contributed by atoms with Gasteiger partial charge in [-0.2, -0.15) is 0 Å². The number of amides is 2. The van der Waals surface area contributed by atoms with E-state index < -0.39 is 6.04 Å². The van der Waals surface area contributed by atoms with Crippen molar-refractivity contribution in [3.8, 4) is 0 Å². The maximum atomic E-state index is 11.6. The Morgan fingerprint density at radius 1 is 1.06 bits per heavy atom. The third kappa shape index (κ3) is 8.98. The average molecular weight is 257 g/mol. The molecular formula is C13H27N3O2. The van der Waals surface area contributed by atoms with Crippen molar-refractivity contribution in [2.24, 2.45) is 0 Å². The molecule has 2 amide bonds. The molecule has 106 valence electrons. The van der Waals surface area contributed by atoms with Gasteiger partial charge in [0, 0.05) is 24.5 Å². The molecule has 0 aromatic carbocycles. The highest BCUT2D eigenvalue weighted by molar-refractivity contribution is 5.87. The lowest BCUT2D eigenvalue weighted by Crippen LogP contribution is -2.47. The minimum Gasteiger partial charge on any atom is -0.352 e. The molecule has 0 aromatic rings. The van der Waals surface area contributed by atoms with E-state index in [0.29, 0.717) is 13.0 Å². The number of carbonyl (C=O) groups is 2. The quantitative estimate of drug-likeness (QED) is 0.659. The Kier molecular flexibility index (Phi) is 6.91. The molecular weight excluding hydrogens is 230 g/mol. The maximum Gasteiger partial charge on any atom is 0.242 e. The Morgan fingerprint density at radius 3 is 2.06 bits per heavy atom. The van der Waals surface area contributed by atoms with Crippen LogP contribution in [-0.2, 0) is 9.59 Å². The van der Waals surface area contributed by atoms with E-state index in [4.69, 9.17) is 0 Å². The lowest BCUT2D eigenvalue weighted by atomic mass is 10.1. The Bertz CT molecular complexity index is 282. The van der Waals surface area contributed by atoms with Gasteiger partial charge in [-0.25, -0.2) is 0 Å². The third-order valence-corrected chi connectivity index (χ3v) is 2.21. The van der Waals surface area contributed by atoms with Crippen molar-refractivity contribution in [1.82, 2.24) is 16.0 Å². The molecule has 1 atom stereocenters. The first-order valence-corrected chi connectivity index (χ1v) is 6.46. The Balaban J connectivity index is 3.91. The smallest absolute Gasteiger partial charge is 0.242 e. The highest BCUT2D eigenvalue weighted by Gasteiger charge is 2.16. The van der Waals surface area contributed by atoms with Gasteiger partial charge in [-0.1, -0.05) is 0 Å². The third-order valence-electron chi connectivity index (χ3n) is 2.21. The second-order valence-electron chi connectivity index (χ2n) is 5.88. The highest BCUT2D eigenvalue weighted by Crippen LogP contribution is 1.98. The molecule has 0 heterocycles. The van der Waals surface area contributed by atoms with Crippen molar-refractivity contribution in [1.29, 1.82) is 0 Å². The molecule has 0 saturated carbocycles. The summed E-state index contributed by atoms with van der Waals surface area (Å²) < 4.78 is 0. The minimum atomic E-state index is -0.491. The number of hydrogen-bond acceptors (Lipinski definition) is 3. The normalized spacial score (nSPS) is 13.3. The van der Waals surface area contributed by atoms with E-state index in [2.05, 4.69) is 16.0 Å². The Labute approximate surface area is 110 Å². The summed E-state index contributed by atoms with van der Waals surface area (Å²) in [4.78, 5) is 23.2. The van der Waals surface area contributed by atoms with Gasteiger partial charge in [0.2, 0.25) is 11.8 Å². The van der Waals surface area contributed by atoms with Crippen molar-refractivity contribution >= 4 is 11.8 Å². The van der Waals surface area contributed by atoms with Crippen LogP contribution in [0, 0.1) is 0 Å². The minimum absolute atomic E-state index is 0.000906. The first-order chi connectivity index (χ1) is 8.11. The maximum absolute atomic E-state index is 11.6. The van der Waals surface area contributed by atoms with Crippen LogP contribution in [0.3, 0.4) is 0 Å². The van der Waals surface area contributed by atoms with E-state index in [1.807, 2.05) is 34.6 Å². The average Bonchev–Trinajstić information content (AvgIpc) is 2.13. The number of hydrogen-bond donors (Lipinski definition) is 3. The molecule has 5 nitrogen and oxygen atoms in total. The standard InChI is InChI=1S/C13H27N3O2/c1-9(2)15-12(18)10(3)16-11(17)7-8-14-13(4,5)6/h9-10,14H,7-8H2,1-6H3,(H,15,18)(H,16,17). The van der Waals surface area contributed by atoms with Crippen molar-refractivity contribution in [3.05, 3.63) is 0 Å². The summed E-state index contributed by atoms with van der Waals surface area (Å²) in [5.41, 5.74) is 0.000906. The van der Waals surface area contributed by atoms with E-state index >= 15 is 0 Å². The summed E-state index contributed by atoms with van der Waals surface area (Å²) in [5.74, 6) is -0.264. The van der Waals surface area contributed by atoms with Gasteiger partial charge in [-0.15, -0.1) is 0 Å². The van der Waals surface area contributed by atoms with Gasteiger partial charge in [0.1, 0.15) is 6.04 Å². The van der Waals surface area contributed by atoms with Gasteiger partial charge in [-0.05, 0) is 41.5 Å². The monoisotopic (exact) mass is 257 g/mol. The SMILES string of the molecule is CC(C)NC(=O)C(C)NC(=O)CCNC(C)(C)C. The molecule has 0 saturated heterocycles. The van der Waals surface area contributed by atoms with Crippen LogP contribution in [0.4, 0.5) is 0 Å². The first kappa shape index (κ1) is 16.9. The van der Waals surface area contributed by atoms with Crippen LogP contribution in [0.5, 0.6) is 0 Å². The molecule has 0 radical (unpaired) electrons. The van der Waals surface area contributed by atoms with Gasteiger partial charge in [-0.3, -0.25) is 9.59 Å². The molecule has 0 aliphatic heterocycles. The molecule has 5 heteroatoms. The molecule has 0 aliphatic carbocycles. The van der Waals surface area contributed by atoms with Crippen molar-refractivity contribution in [2.75, 3.05) is 6.54 Å². The van der Waals surface area contributed by atoms with E-state index in [9.17, 15) is 9.59 Å². The predicted molar refractivity (Wildman–Crippen MR) is 73.3 cm³/mol. The molecule has 0 fully saturated rings. The zero-order valence-corrected chi connectivity index (χ0v) is 12.4. The summed E-state index contributed by atoms with van der Waals surface area (Å²) in [6, 6.07) is -0.408. The van der Waals surface area contributed by atoms with E-state index in [1.54, 1.807) is 6.92 Å².